The Morgan fingerprint density at radius 2 is 2.29 bits per heavy atom. The lowest BCUT2D eigenvalue weighted by Crippen LogP contribution is -2.19. The minimum atomic E-state index is -0.899. The van der Waals surface area contributed by atoms with Crippen molar-refractivity contribution in [2.45, 2.75) is 25.8 Å². The number of rotatable bonds is 6. The number of carboxylic acid groups (broad SMARTS) is 1. The predicted octanol–water partition coefficient (Wildman–Crippen LogP) is 3.14. The highest BCUT2D eigenvalue weighted by Crippen LogP contribution is 2.30. The van der Waals surface area contributed by atoms with Crippen LogP contribution in [0.3, 0.4) is 0 Å². The molecule has 1 heterocycles. The number of hydrogen-bond acceptors (Lipinski definition) is 4. The molecule has 2 rings (SSSR count). The lowest BCUT2D eigenvalue weighted by molar-refractivity contribution is -0.141. The van der Waals surface area contributed by atoms with Gasteiger partial charge in [0.25, 0.3) is 0 Å². The second kappa shape index (κ2) is 6.71. The molecule has 0 aliphatic carbocycles. The van der Waals surface area contributed by atoms with Gasteiger partial charge in [0.2, 0.25) is 0 Å². The molecule has 0 radical (unpaired) electrons. The Bertz CT molecular complexity index is 642. The standard InChI is InChI=1S/C14H16BrN3O3/c1-3-4-12(14(19)20)18-8-11(16-17-18)9-5-6-13(21-2)10(15)7-9/h5-8,12H,3-4H2,1-2H3,(H,19,20). The van der Waals surface area contributed by atoms with Gasteiger partial charge in [-0.1, -0.05) is 18.6 Å². The lowest BCUT2D eigenvalue weighted by Gasteiger charge is -2.09. The zero-order chi connectivity index (χ0) is 15.4. The van der Waals surface area contributed by atoms with Gasteiger partial charge in [0.15, 0.2) is 6.04 Å². The zero-order valence-corrected chi connectivity index (χ0v) is 13.4. The molecule has 0 amide bonds. The summed E-state index contributed by atoms with van der Waals surface area (Å²) in [5.74, 6) is -0.176. The summed E-state index contributed by atoms with van der Waals surface area (Å²) in [5, 5.41) is 17.2. The minimum absolute atomic E-state index is 0.518. The van der Waals surface area contributed by atoms with Crippen LogP contribution >= 0.6 is 15.9 Å². The maximum absolute atomic E-state index is 11.3. The summed E-state index contributed by atoms with van der Waals surface area (Å²) in [6, 6.07) is 4.85. The van der Waals surface area contributed by atoms with Gasteiger partial charge >= 0.3 is 5.97 Å². The van der Waals surface area contributed by atoms with Gasteiger partial charge in [0.1, 0.15) is 11.4 Å². The Kier molecular flexibility index (Phi) is 4.95. The number of aliphatic carboxylic acids is 1. The number of benzene rings is 1. The van der Waals surface area contributed by atoms with Gasteiger partial charge in [-0.2, -0.15) is 0 Å². The van der Waals surface area contributed by atoms with Crippen molar-refractivity contribution < 1.29 is 14.6 Å². The number of methoxy groups -OCH3 is 1. The van der Waals surface area contributed by atoms with E-state index in [9.17, 15) is 9.90 Å². The Morgan fingerprint density at radius 3 is 2.86 bits per heavy atom. The highest BCUT2D eigenvalue weighted by atomic mass is 79.9. The van der Waals surface area contributed by atoms with Crippen molar-refractivity contribution in [2.24, 2.45) is 0 Å². The molecule has 7 heteroatoms. The first kappa shape index (κ1) is 15.5. The first-order valence-corrected chi connectivity index (χ1v) is 7.34. The van der Waals surface area contributed by atoms with Crippen LogP contribution in [-0.4, -0.2) is 33.2 Å². The molecule has 21 heavy (non-hydrogen) atoms. The molecule has 1 N–H and O–H groups in total. The van der Waals surface area contributed by atoms with Crippen LogP contribution in [0.1, 0.15) is 25.8 Å². The highest BCUT2D eigenvalue weighted by Gasteiger charge is 2.20. The third kappa shape index (κ3) is 3.41. The SMILES string of the molecule is CCCC(C(=O)O)n1cc(-c2ccc(OC)c(Br)c2)nn1. The van der Waals surface area contributed by atoms with E-state index < -0.39 is 12.0 Å². The molecule has 1 aromatic heterocycles. The van der Waals surface area contributed by atoms with Gasteiger partial charge in [-0.3, -0.25) is 0 Å². The lowest BCUT2D eigenvalue weighted by atomic mass is 10.1. The molecule has 0 aliphatic heterocycles. The largest absolute Gasteiger partial charge is 0.496 e. The first-order valence-electron chi connectivity index (χ1n) is 6.55. The molecule has 1 aromatic carbocycles. The quantitative estimate of drug-likeness (QED) is 0.862. The van der Waals surface area contributed by atoms with E-state index in [0.29, 0.717) is 12.1 Å². The minimum Gasteiger partial charge on any atom is -0.496 e. The maximum atomic E-state index is 11.3. The summed E-state index contributed by atoms with van der Waals surface area (Å²) in [4.78, 5) is 11.3. The van der Waals surface area contributed by atoms with E-state index in [-0.39, 0.29) is 0 Å². The van der Waals surface area contributed by atoms with Gasteiger partial charge in [-0.15, -0.1) is 5.10 Å². The van der Waals surface area contributed by atoms with E-state index in [0.717, 1.165) is 22.2 Å². The van der Waals surface area contributed by atoms with Crippen molar-refractivity contribution in [3.05, 3.63) is 28.9 Å². The fraction of sp³-hybridized carbons (Fsp3) is 0.357. The second-order valence-corrected chi connectivity index (χ2v) is 5.43. The van der Waals surface area contributed by atoms with E-state index in [4.69, 9.17) is 4.74 Å². The zero-order valence-electron chi connectivity index (χ0n) is 11.8. The number of aromatic nitrogens is 3. The van der Waals surface area contributed by atoms with Crippen LogP contribution in [-0.2, 0) is 4.79 Å². The second-order valence-electron chi connectivity index (χ2n) is 4.58. The molecule has 112 valence electrons. The number of carboxylic acids is 1. The van der Waals surface area contributed by atoms with E-state index >= 15 is 0 Å². The van der Waals surface area contributed by atoms with E-state index in [1.54, 1.807) is 13.3 Å². The van der Waals surface area contributed by atoms with Crippen LogP contribution in [0.15, 0.2) is 28.9 Å². The predicted molar refractivity (Wildman–Crippen MR) is 81.3 cm³/mol. The number of nitrogens with zero attached hydrogens (tertiary/aromatic N) is 3. The first-order chi connectivity index (χ1) is 10.1. The van der Waals surface area contributed by atoms with Gasteiger partial charge in [-0.25, -0.2) is 9.48 Å². The number of hydrogen-bond donors (Lipinski definition) is 1. The molecular formula is C14H16BrN3O3. The highest BCUT2D eigenvalue weighted by molar-refractivity contribution is 9.10. The van der Waals surface area contributed by atoms with Gasteiger partial charge in [0.05, 0.1) is 17.8 Å². The van der Waals surface area contributed by atoms with Gasteiger partial charge in [0, 0.05) is 5.56 Å². The maximum Gasteiger partial charge on any atom is 0.328 e. The normalized spacial score (nSPS) is 12.1. The van der Waals surface area contributed by atoms with Crippen LogP contribution in [0.25, 0.3) is 11.3 Å². The summed E-state index contributed by atoms with van der Waals surface area (Å²) in [6.07, 6.45) is 2.94. The van der Waals surface area contributed by atoms with E-state index in [1.807, 2.05) is 25.1 Å². The van der Waals surface area contributed by atoms with Crippen LogP contribution in [0.5, 0.6) is 5.75 Å². The third-order valence-corrected chi connectivity index (χ3v) is 3.74. The third-order valence-electron chi connectivity index (χ3n) is 3.12. The molecule has 0 bridgehead atoms. The molecule has 0 aliphatic rings. The summed E-state index contributed by atoms with van der Waals surface area (Å²) >= 11 is 3.41. The van der Waals surface area contributed by atoms with Gasteiger partial charge < -0.3 is 9.84 Å². The van der Waals surface area contributed by atoms with Crippen molar-refractivity contribution in [1.82, 2.24) is 15.0 Å². The molecule has 0 spiro atoms. The van der Waals surface area contributed by atoms with Crippen molar-refractivity contribution in [3.63, 3.8) is 0 Å². The Balaban J connectivity index is 2.30. The molecular weight excluding hydrogens is 338 g/mol. The van der Waals surface area contributed by atoms with Crippen molar-refractivity contribution >= 4 is 21.9 Å². The smallest absolute Gasteiger partial charge is 0.328 e. The van der Waals surface area contributed by atoms with E-state index in [2.05, 4.69) is 26.2 Å². The van der Waals surface area contributed by atoms with Crippen LogP contribution in [0.2, 0.25) is 0 Å². The van der Waals surface area contributed by atoms with Crippen molar-refractivity contribution in [1.29, 1.82) is 0 Å². The topological polar surface area (TPSA) is 77.2 Å². The molecule has 2 aromatic rings. The van der Waals surface area contributed by atoms with Crippen LogP contribution < -0.4 is 4.74 Å². The Hall–Kier alpha value is -1.89. The number of carbonyl (C=O) groups is 1. The van der Waals surface area contributed by atoms with Crippen molar-refractivity contribution in [3.8, 4) is 17.0 Å². The Morgan fingerprint density at radius 1 is 1.52 bits per heavy atom. The average Bonchev–Trinajstić information content (AvgIpc) is 2.93. The fourth-order valence-electron chi connectivity index (χ4n) is 2.03. The summed E-state index contributed by atoms with van der Waals surface area (Å²) in [5.41, 5.74) is 1.47. The molecule has 1 unspecified atom stereocenters. The van der Waals surface area contributed by atoms with Crippen molar-refractivity contribution in [2.75, 3.05) is 7.11 Å². The number of ether oxygens (including phenoxy) is 1. The fourth-order valence-corrected chi connectivity index (χ4v) is 2.57. The van der Waals surface area contributed by atoms with Crippen LogP contribution in [0, 0.1) is 0 Å². The molecule has 1 atom stereocenters. The summed E-state index contributed by atoms with van der Waals surface area (Å²) in [7, 11) is 1.60. The number of halogens is 1. The monoisotopic (exact) mass is 353 g/mol. The molecule has 6 nitrogen and oxygen atoms in total. The summed E-state index contributed by atoms with van der Waals surface area (Å²) < 4.78 is 7.38. The van der Waals surface area contributed by atoms with Gasteiger partial charge in [-0.05, 0) is 40.5 Å². The molecule has 0 saturated heterocycles. The van der Waals surface area contributed by atoms with E-state index in [1.165, 1.54) is 4.68 Å². The average molecular weight is 354 g/mol. The Labute approximate surface area is 130 Å². The molecule has 0 saturated carbocycles. The molecule has 0 fully saturated rings. The van der Waals surface area contributed by atoms with Crippen LogP contribution in [0.4, 0.5) is 0 Å². The summed E-state index contributed by atoms with van der Waals surface area (Å²) in [6.45, 7) is 1.94.